The average molecular weight is 414 g/mol. The van der Waals surface area contributed by atoms with E-state index in [0.29, 0.717) is 11.4 Å². The normalized spacial score (nSPS) is 16.0. The molecule has 0 aliphatic rings. The number of nitrogens with two attached hydrogens (primary N) is 1. The van der Waals surface area contributed by atoms with E-state index in [1.165, 1.54) is 6.26 Å². The molecule has 0 aliphatic heterocycles. The molecule has 28 heavy (non-hydrogen) atoms. The standard InChI is InChI=1S/C20H39N5O2S/c1-16(22-17-9-8-10-18(15-17)28(7,26)27)11-14-25(6)24-23-20(5,12-13-21)19(2,3)4/h8-10,15-16,22-24H,11-14,21H2,1-7H3. The van der Waals surface area contributed by atoms with Crippen molar-refractivity contribution in [3.63, 3.8) is 0 Å². The molecule has 0 aliphatic carbocycles. The largest absolute Gasteiger partial charge is 0.383 e. The van der Waals surface area contributed by atoms with Crippen molar-refractivity contribution < 1.29 is 8.42 Å². The van der Waals surface area contributed by atoms with Gasteiger partial charge in [0.05, 0.1) is 4.90 Å². The first-order valence-electron chi connectivity index (χ1n) is 9.79. The van der Waals surface area contributed by atoms with Gasteiger partial charge in [-0.15, -0.1) is 0 Å². The molecule has 0 spiro atoms. The molecule has 1 rings (SSSR count). The number of sulfone groups is 1. The SMILES string of the molecule is CC(CCN(C)NNC(C)(CCN)C(C)(C)C)Nc1cccc(S(C)(=O)=O)c1. The van der Waals surface area contributed by atoms with Crippen molar-refractivity contribution in [1.82, 2.24) is 16.0 Å². The Hall–Kier alpha value is -1.19. The maximum Gasteiger partial charge on any atom is 0.175 e. The summed E-state index contributed by atoms with van der Waals surface area (Å²) in [5, 5.41) is 5.39. The summed E-state index contributed by atoms with van der Waals surface area (Å²) in [6.07, 6.45) is 2.97. The molecule has 5 N–H and O–H groups in total. The minimum atomic E-state index is -3.20. The molecule has 0 saturated heterocycles. The first-order valence-corrected chi connectivity index (χ1v) is 11.7. The highest BCUT2D eigenvalue weighted by molar-refractivity contribution is 7.90. The Balaban J connectivity index is 2.53. The van der Waals surface area contributed by atoms with Gasteiger partial charge >= 0.3 is 0 Å². The van der Waals surface area contributed by atoms with Crippen LogP contribution in [-0.2, 0) is 9.84 Å². The number of benzene rings is 1. The van der Waals surface area contributed by atoms with E-state index in [2.05, 4.69) is 50.9 Å². The van der Waals surface area contributed by atoms with Gasteiger partial charge in [-0.3, -0.25) is 0 Å². The molecule has 0 fully saturated rings. The van der Waals surface area contributed by atoms with E-state index in [1.807, 2.05) is 18.1 Å². The summed E-state index contributed by atoms with van der Waals surface area (Å²) in [6.45, 7) is 12.3. The number of hydrogen-bond donors (Lipinski definition) is 4. The van der Waals surface area contributed by atoms with Crippen molar-refractivity contribution in [1.29, 1.82) is 0 Å². The minimum absolute atomic E-state index is 0.0552. The summed E-state index contributed by atoms with van der Waals surface area (Å²) in [5.74, 6) is 0. The molecule has 0 heterocycles. The van der Waals surface area contributed by atoms with Crippen molar-refractivity contribution in [3.8, 4) is 0 Å². The third kappa shape index (κ3) is 7.67. The first-order chi connectivity index (χ1) is 12.8. The Morgan fingerprint density at radius 1 is 1.21 bits per heavy atom. The number of nitrogens with zero attached hydrogens (tertiary/aromatic N) is 1. The summed E-state index contributed by atoms with van der Waals surface area (Å²) in [7, 11) is -1.21. The molecule has 1 aromatic rings. The monoisotopic (exact) mass is 413 g/mol. The van der Waals surface area contributed by atoms with Gasteiger partial charge < -0.3 is 11.1 Å². The molecule has 0 radical (unpaired) electrons. The van der Waals surface area contributed by atoms with Crippen LogP contribution in [0, 0.1) is 5.41 Å². The van der Waals surface area contributed by atoms with Crippen LogP contribution < -0.4 is 22.0 Å². The molecular weight excluding hydrogens is 374 g/mol. The van der Waals surface area contributed by atoms with Gasteiger partial charge in [0.25, 0.3) is 0 Å². The second-order valence-electron chi connectivity index (χ2n) is 8.91. The van der Waals surface area contributed by atoms with Gasteiger partial charge in [-0.1, -0.05) is 26.8 Å². The zero-order valence-electron chi connectivity index (χ0n) is 18.5. The van der Waals surface area contributed by atoms with E-state index < -0.39 is 9.84 Å². The maximum atomic E-state index is 11.7. The van der Waals surface area contributed by atoms with Gasteiger partial charge in [-0.2, -0.15) is 5.53 Å². The van der Waals surface area contributed by atoms with Crippen LogP contribution in [0.15, 0.2) is 29.2 Å². The van der Waals surface area contributed by atoms with Crippen molar-refractivity contribution in [2.45, 2.75) is 63.9 Å². The zero-order valence-corrected chi connectivity index (χ0v) is 19.3. The molecule has 162 valence electrons. The fraction of sp³-hybridized carbons (Fsp3) is 0.700. The van der Waals surface area contributed by atoms with Crippen molar-refractivity contribution >= 4 is 15.5 Å². The zero-order chi connectivity index (χ0) is 21.6. The lowest BCUT2D eigenvalue weighted by atomic mass is 9.73. The number of hydrazine groups is 2. The molecule has 1 aromatic carbocycles. The van der Waals surface area contributed by atoms with Crippen LogP contribution >= 0.6 is 0 Å². The molecule has 0 bridgehead atoms. The van der Waals surface area contributed by atoms with Crippen LogP contribution in [0.1, 0.15) is 47.5 Å². The molecule has 7 nitrogen and oxygen atoms in total. The summed E-state index contributed by atoms with van der Waals surface area (Å²) < 4.78 is 23.4. The lowest BCUT2D eigenvalue weighted by Crippen LogP contribution is -2.62. The lowest BCUT2D eigenvalue weighted by Gasteiger charge is -2.43. The summed E-state index contributed by atoms with van der Waals surface area (Å²) in [5.41, 5.74) is 13.3. The van der Waals surface area contributed by atoms with Gasteiger partial charge in [-0.05, 0) is 56.8 Å². The van der Waals surface area contributed by atoms with Crippen LogP contribution in [0.4, 0.5) is 5.69 Å². The molecular formula is C20H39N5O2S. The molecule has 8 heteroatoms. The summed E-state index contributed by atoms with van der Waals surface area (Å²) >= 11 is 0. The minimum Gasteiger partial charge on any atom is -0.383 e. The Morgan fingerprint density at radius 2 is 1.86 bits per heavy atom. The fourth-order valence-corrected chi connectivity index (χ4v) is 3.42. The van der Waals surface area contributed by atoms with Crippen molar-refractivity contribution in [3.05, 3.63) is 24.3 Å². The van der Waals surface area contributed by atoms with Crippen LogP contribution in [0.5, 0.6) is 0 Å². The fourth-order valence-electron chi connectivity index (χ4n) is 2.75. The highest BCUT2D eigenvalue weighted by atomic mass is 32.2. The van der Waals surface area contributed by atoms with E-state index in [0.717, 1.165) is 25.1 Å². The summed E-state index contributed by atoms with van der Waals surface area (Å²) in [4.78, 5) is 0.328. The van der Waals surface area contributed by atoms with Crippen molar-refractivity contribution in [2.24, 2.45) is 11.1 Å². The highest BCUT2D eigenvalue weighted by Crippen LogP contribution is 2.32. The Bertz CT molecular complexity index is 718. The van der Waals surface area contributed by atoms with Crippen LogP contribution in [0.3, 0.4) is 0 Å². The van der Waals surface area contributed by atoms with Crippen LogP contribution in [-0.4, -0.2) is 51.4 Å². The smallest absolute Gasteiger partial charge is 0.175 e. The highest BCUT2D eigenvalue weighted by Gasteiger charge is 2.36. The Kier molecular flexibility index (Phi) is 8.90. The number of rotatable bonds is 11. The number of hydrogen-bond acceptors (Lipinski definition) is 7. The van der Waals surface area contributed by atoms with Crippen molar-refractivity contribution in [2.75, 3.05) is 31.7 Å². The van der Waals surface area contributed by atoms with E-state index in [-0.39, 0.29) is 17.0 Å². The molecule has 2 unspecified atom stereocenters. The average Bonchev–Trinajstić information content (AvgIpc) is 2.57. The van der Waals surface area contributed by atoms with Gasteiger partial charge in [0.15, 0.2) is 9.84 Å². The van der Waals surface area contributed by atoms with Gasteiger partial charge in [0, 0.05) is 37.1 Å². The Morgan fingerprint density at radius 3 is 2.39 bits per heavy atom. The molecule has 0 amide bonds. The second-order valence-corrected chi connectivity index (χ2v) is 10.9. The van der Waals surface area contributed by atoms with Gasteiger partial charge in [0.1, 0.15) is 0 Å². The third-order valence-corrected chi connectivity index (χ3v) is 6.51. The molecule has 0 saturated carbocycles. The number of anilines is 1. The number of nitrogens with one attached hydrogen (secondary N) is 3. The van der Waals surface area contributed by atoms with E-state index in [9.17, 15) is 8.42 Å². The predicted octanol–water partition coefficient (Wildman–Crippen LogP) is 2.38. The molecule has 0 aromatic heterocycles. The second kappa shape index (κ2) is 10.0. The lowest BCUT2D eigenvalue weighted by molar-refractivity contribution is 0.0672. The first kappa shape index (κ1) is 24.8. The van der Waals surface area contributed by atoms with Crippen LogP contribution in [0.25, 0.3) is 0 Å². The Labute approximate surface area is 171 Å². The predicted molar refractivity (Wildman–Crippen MR) is 118 cm³/mol. The van der Waals surface area contributed by atoms with E-state index in [1.54, 1.807) is 18.2 Å². The van der Waals surface area contributed by atoms with E-state index in [4.69, 9.17) is 5.73 Å². The summed E-state index contributed by atoms with van der Waals surface area (Å²) in [6, 6.07) is 7.13. The van der Waals surface area contributed by atoms with Gasteiger partial charge in [-0.25, -0.2) is 18.9 Å². The topological polar surface area (TPSA) is 99.5 Å². The molecule has 2 atom stereocenters. The maximum absolute atomic E-state index is 11.7. The van der Waals surface area contributed by atoms with Crippen LogP contribution in [0.2, 0.25) is 0 Å². The quantitative estimate of drug-likeness (QED) is 0.413. The van der Waals surface area contributed by atoms with Gasteiger partial charge in [0.2, 0.25) is 0 Å². The van der Waals surface area contributed by atoms with E-state index >= 15 is 0 Å². The third-order valence-electron chi connectivity index (χ3n) is 5.40.